The fourth-order valence-electron chi connectivity index (χ4n) is 1.76. The van der Waals surface area contributed by atoms with Gasteiger partial charge >= 0.3 is 0 Å². The Kier molecular flexibility index (Phi) is 3.91. The molecular formula is C11H13BrClN3O. The van der Waals surface area contributed by atoms with Gasteiger partial charge in [-0.15, -0.1) is 0 Å². The average Bonchev–Trinajstić information content (AvgIpc) is 2.84. The highest BCUT2D eigenvalue weighted by molar-refractivity contribution is 9.10. The van der Waals surface area contributed by atoms with E-state index in [0.717, 1.165) is 22.5 Å². The molecule has 0 fully saturated rings. The molecule has 0 amide bonds. The third-order valence-corrected chi connectivity index (χ3v) is 3.31. The number of furan rings is 1. The van der Waals surface area contributed by atoms with Crippen LogP contribution in [0, 0.1) is 0 Å². The summed E-state index contributed by atoms with van der Waals surface area (Å²) < 4.78 is 8.23. The molecule has 0 spiro atoms. The van der Waals surface area contributed by atoms with Crippen molar-refractivity contribution in [1.29, 1.82) is 0 Å². The van der Waals surface area contributed by atoms with Crippen molar-refractivity contribution in [3.05, 3.63) is 39.5 Å². The second-order valence-electron chi connectivity index (χ2n) is 3.63. The van der Waals surface area contributed by atoms with Gasteiger partial charge in [-0.3, -0.25) is 4.68 Å². The summed E-state index contributed by atoms with van der Waals surface area (Å²) >= 11 is 9.31. The molecule has 6 heteroatoms. The Morgan fingerprint density at radius 2 is 2.35 bits per heavy atom. The Bertz CT molecular complexity index is 489. The van der Waals surface area contributed by atoms with Crippen LogP contribution in [0.2, 0.25) is 5.22 Å². The Labute approximate surface area is 113 Å². The van der Waals surface area contributed by atoms with Crippen LogP contribution >= 0.6 is 27.5 Å². The van der Waals surface area contributed by atoms with E-state index in [4.69, 9.17) is 16.0 Å². The molecule has 0 aliphatic heterocycles. The summed E-state index contributed by atoms with van der Waals surface area (Å²) in [4.78, 5) is 0. The lowest BCUT2D eigenvalue weighted by atomic mass is 10.1. The minimum Gasteiger partial charge on any atom is -0.448 e. The SMILES string of the molecule is CCNC(c1ccc(Cl)o1)c1c(Br)cnn1C. The van der Waals surface area contributed by atoms with Gasteiger partial charge in [-0.05, 0) is 46.2 Å². The molecule has 0 aromatic carbocycles. The predicted molar refractivity (Wildman–Crippen MR) is 70.1 cm³/mol. The minimum atomic E-state index is -0.0608. The summed E-state index contributed by atoms with van der Waals surface area (Å²) in [5.74, 6) is 0.779. The molecule has 92 valence electrons. The summed E-state index contributed by atoms with van der Waals surface area (Å²) in [6.07, 6.45) is 1.77. The van der Waals surface area contributed by atoms with E-state index in [1.165, 1.54) is 0 Å². The van der Waals surface area contributed by atoms with Gasteiger partial charge in [-0.2, -0.15) is 5.10 Å². The molecule has 0 aliphatic carbocycles. The van der Waals surface area contributed by atoms with Gasteiger partial charge in [0.2, 0.25) is 0 Å². The van der Waals surface area contributed by atoms with Gasteiger partial charge in [-0.25, -0.2) is 0 Å². The fourth-order valence-corrected chi connectivity index (χ4v) is 2.49. The van der Waals surface area contributed by atoms with Gasteiger partial charge in [0.05, 0.1) is 16.4 Å². The van der Waals surface area contributed by atoms with Crippen LogP contribution in [-0.4, -0.2) is 16.3 Å². The van der Waals surface area contributed by atoms with E-state index in [0.29, 0.717) is 5.22 Å². The van der Waals surface area contributed by atoms with Crippen molar-refractivity contribution < 1.29 is 4.42 Å². The average molecular weight is 319 g/mol. The normalized spacial score (nSPS) is 12.9. The molecule has 0 bridgehead atoms. The number of halogens is 2. The van der Waals surface area contributed by atoms with Crippen LogP contribution in [0.3, 0.4) is 0 Å². The Balaban J connectivity index is 2.42. The zero-order valence-electron chi connectivity index (χ0n) is 9.58. The van der Waals surface area contributed by atoms with Crippen molar-refractivity contribution in [2.45, 2.75) is 13.0 Å². The van der Waals surface area contributed by atoms with E-state index < -0.39 is 0 Å². The number of nitrogens with one attached hydrogen (secondary N) is 1. The highest BCUT2D eigenvalue weighted by atomic mass is 79.9. The number of rotatable bonds is 4. The molecule has 2 heterocycles. The largest absolute Gasteiger partial charge is 0.448 e. The molecule has 0 aliphatic rings. The standard InChI is InChI=1S/C11H13BrClN3O/c1-3-14-10(8-4-5-9(13)17-8)11-7(12)6-15-16(11)2/h4-6,10,14H,3H2,1-2H3. The van der Waals surface area contributed by atoms with Crippen LogP contribution in [0.15, 0.2) is 27.2 Å². The number of hydrogen-bond donors (Lipinski definition) is 1. The first-order valence-corrected chi connectivity index (χ1v) is 6.46. The maximum absolute atomic E-state index is 5.82. The van der Waals surface area contributed by atoms with Crippen molar-refractivity contribution in [2.24, 2.45) is 7.05 Å². The second-order valence-corrected chi connectivity index (χ2v) is 4.86. The summed E-state index contributed by atoms with van der Waals surface area (Å²) in [7, 11) is 1.90. The summed E-state index contributed by atoms with van der Waals surface area (Å²) in [5.41, 5.74) is 1.01. The predicted octanol–water partition coefficient (Wildman–Crippen LogP) is 3.13. The van der Waals surface area contributed by atoms with Gasteiger partial charge in [-0.1, -0.05) is 6.92 Å². The first kappa shape index (κ1) is 12.7. The lowest BCUT2D eigenvalue weighted by Gasteiger charge is -2.16. The molecule has 2 aromatic rings. The van der Waals surface area contributed by atoms with Crippen LogP contribution < -0.4 is 5.32 Å². The maximum atomic E-state index is 5.82. The number of aryl methyl sites for hydroxylation is 1. The third kappa shape index (κ3) is 2.56. The zero-order valence-corrected chi connectivity index (χ0v) is 11.9. The molecule has 0 saturated heterocycles. The second kappa shape index (κ2) is 5.25. The molecular weight excluding hydrogens is 305 g/mol. The molecule has 1 atom stereocenters. The van der Waals surface area contributed by atoms with E-state index >= 15 is 0 Å². The van der Waals surface area contributed by atoms with Gasteiger partial charge in [0.1, 0.15) is 11.8 Å². The Hall–Kier alpha value is -0.780. The topological polar surface area (TPSA) is 43.0 Å². The highest BCUT2D eigenvalue weighted by Crippen LogP contribution is 2.30. The van der Waals surface area contributed by atoms with Crippen LogP contribution in [0.25, 0.3) is 0 Å². The summed E-state index contributed by atoms with van der Waals surface area (Å²) in [6.45, 7) is 2.86. The van der Waals surface area contributed by atoms with Crippen LogP contribution in [0.5, 0.6) is 0 Å². The van der Waals surface area contributed by atoms with Crippen LogP contribution in [-0.2, 0) is 7.05 Å². The minimum absolute atomic E-state index is 0.0608. The van der Waals surface area contributed by atoms with Crippen molar-refractivity contribution >= 4 is 27.5 Å². The van der Waals surface area contributed by atoms with E-state index in [2.05, 4.69) is 26.3 Å². The Morgan fingerprint density at radius 3 is 2.82 bits per heavy atom. The molecule has 4 nitrogen and oxygen atoms in total. The van der Waals surface area contributed by atoms with Crippen molar-refractivity contribution in [3.63, 3.8) is 0 Å². The van der Waals surface area contributed by atoms with Crippen LogP contribution in [0.1, 0.15) is 24.4 Å². The molecule has 2 aromatic heterocycles. The Morgan fingerprint density at radius 1 is 1.59 bits per heavy atom. The monoisotopic (exact) mass is 317 g/mol. The first-order chi connectivity index (χ1) is 8.13. The van der Waals surface area contributed by atoms with E-state index in [-0.39, 0.29) is 6.04 Å². The van der Waals surface area contributed by atoms with Crippen molar-refractivity contribution in [2.75, 3.05) is 6.54 Å². The van der Waals surface area contributed by atoms with Gasteiger partial charge < -0.3 is 9.73 Å². The summed E-state index contributed by atoms with van der Waals surface area (Å²) in [5, 5.41) is 7.95. The molecule has 1 unspecified atom stereocenters. The van der Waals surface area contributed by atoms with Crippen molar-refractivity contribution in [3.8, 4) is 0 Å². The number of aromatic nitrogens is 2. The molecule has 0 saturated carbocycles. The molecule has 0 radical (unpaired) electrons. The fraction of sp³-hybridized carbons (Fsp3) is 0.364. The lowest BCUT2D eigenvalue weighted by Crippen LogP contribution is -2.24. The van der Waals surface area contributed by atoms with Crippen molar-refractivity contribution in [1.82, 2.24) is 15.1 Å². The first-order valence-electron chi connectivity index (χ1n) is 5.29. The molecule has 17 heavy (non-hydrogen) atoms. The lowest BCUT2D eigenvalue weighted by molar-refractivity contribution is 0.438. The van der Waals surface area contributed by atoms with Gasteiger partial charge in [0, 0.05) is 7.05 Å². The number of nitrogens with zero attached hydrogens (tertiary/aromatic N) is 2. The third-order valence-electron chi connectivity index (χ3n) is 2.50. The van der Waals surface area contributed by atoms with Gasteiger partial charge in [0.25, 0.3) is 0 Å². The summed E-state index contributed by atoms with van der Waals surface area (Å²) in [6, 6.07) is 3.55. The van der Waals surface area contributed by atoms with E-state index in [1.54, 1.807) is 12.3 Å². The maximum Gasteiger partial charge on any atom is 0.193 e. The zero-order chi connectivity index (χ0) is 12.4. The van der Waals surface area contributed by atoms with E-state index in [9.17, 15) is 0 Å². The number of hydrogen-bond acceptors (Lipinski definition) is 3. The van der Waals surface area contributed by atoms with Crippen LogP contribution in [0.4, 0.5) is 0 Å². The quantitative estimate of drug-likeness (QED) is 0.942. The highest BCUT2D eigenvalue weighted by Gasteiger charge is 2.22. The molecule has 2 rings (SSSR count). The van der Waals surface area contributed by atoms with Gasteiger partial charge in [0.15, 0.2) is 5.22 Å². The molecule has 1 N–H and O–H groups in total. The smallest absolute Gasteiger partial charge is 0.193 e. The van der Waals surface area contributed by atoms with E-state index in [1.807, 2.05) is 24.7 Å².